The molecule has 0 radical (unpaired) electrons. The molecular formula is C14H10O6S. The summed E-state index contributed by atoms with van der Waals surface area (Å²) >= 11 is -2.52. The molecule has 0 bridgehead atoms. The van der Waals surface area contributed by atoms with Crippen LogP contribution in [-0.4, -0.2) is 24.1 Å². The molecule has 3 rings (SSSR count). The van der Waals surface area contributed by atoms with Crippen molar-refractivity contribution in [3.05, 3.63) is 36.4 Å². The normalized spacial score (nSPS) is 12.6. The molecular weight excluding hydrogens is 296 g/mol. The lowest BCUT2D eigenvalue weighted by Crippen LogP contribution is -1.98. The largest absolute Gasteiger partial charge is 0.507 e. The van der Waals surface area contributed by atoms with E-state index in [4.69, 9.17) is 8.74 Å². The lowest BCUT2D eigenvalue weighted by Gasteiger charge is -2.11. The summed E-state index contributed by atoms with van der Waals surface area (Å²) in [7, 11) is 0. The van der Waals surface area contributed by atoms with Gasteiger partial charge in [0.1, 0.15) is 17.2 Å². The molecule has 6 nitrogen and oxygen atoms in total. The van der Waals surface area contributed by atoms with Gasteiger partial charge in [-0.05, 0) is 24.3 Å². The fourth-order valence-electron chi connectivity index (χ4n) is 2.32. The van der Waals surface area contributed by atoms with Crippen LogP contribution in [-0.2, 0) is 11.4 Å². The minimum Gasteiger partial charge on any atom is -0.507 e. The van der Waals surface area contributed by atoms with Crippen molar-refractivity contribution in [3.8, 4) is 23.0 Å². The fourth-order valence-corrected chi connectivity index (χ4v) is 2.62. The molecule has 21 heavy (non-hydrogen) atoms. The SMILES string of the molecule is O=S(O)Oc1cccc2c(O)c3c(O)ccc(O)c3cc12. The Kier molecular flexibility index (Phi) is 3.08. The summed E-state index contributed by atoms with van der Waals surface area (Å²) in [5.74, 6) is -0.488. The third-order valence-corrected chi connectivity index (χ3v) is 3.53. The van der Waals surface area contributed by atoms with Gasteiger partial charge in [-0.15, -0.1) is 0 Å². The van der Waals surface area contributed by atoms with Gasteiger partial charge in [-0.1, -0.05) is 12.1 Å². The van der Waals surface area contributed by atoms with Crippen LogP contribution in [0.3, 0.4) is 0 Å². The highest BCUT2D eigenvalue weighted by molar-refractivity contribution is 7.74. The molecule has 0 saturated heterocycles. The number of hydrogen-bond acceptors (Lipinski definition) is 5. The molecule has 7 heteroatoms. The first-order valence-corrected chi connectivity index (χ1v) is 6.90. The van der Waals surface area contributed by atoms with Gasteiger partial charge in [0, 0.05) is 16.2 Å². The summed E-state index contributed by atoms with van der Waals surface area (Å²) in [6.45, 7) is 0. The van der Waals surface area contributed by atoms with Crippen molar-refractivity contribution in [2.75, 3.05) is 0 Å². The van der Waals surface area contributed by atoms with Crippen molar-refractivity contribution in [1.82, 2.24) is 0 Å². The number of rotatable bonds is 2. The topological polar surface area (TPSA) is 107 Å². The second-order valence-electron chi connectivity index (χ2n) is 4.40. The zero-order valence-corrected chi connectivity index (χ0v) is 11.3. The average molecular weight is 306 g/mol. The highest BCUT2D eigenvalue weighted by Crippen LogP contribution is 2.44. The van der Waals surface area contributed by atoms with Crippen LogP contribution in [0.1, 0.15) is 0 Å². The average Bonchev–Trinajstić information content (AvgIpc) is 2.43. The maximum atomic E-state index is 10.8. The van der Waals surface area contributed by atoms with Gasteiger partial charge in [-0.3, -0.25) is 4.55 Å². The molecule has 0 spiro atoms. The van der Waals surface area contributed by atoms with Crippen LogP contribution in [0, 0.1) is 0 Å². The number of phenols is 3. The minimum absolute atomic E-state index is 0.0771. The van der Waals surface area contributed by atoms with Crippen molar-refractivity contribution in [3.63, 3.8) is 0 Å². The van der Waals surface area contributed by atoms with Gasteiger partial charge in [0.2, 0.25) is 0 Å². The molecule has 0 aliphatic rings. The molecule has 0 aromatic heterocycles. The van der Waals surface area contributed by atoms with E-state index in [0.29, 0.717) is 10.8 Å². The van der Waals surface area contributed by atoms with E-state index < -0.39 is 11.4 Å². The van der Waals surface area contributed by atoms with Crippen LogP contribution in [0.5, 0.6) is 23.0 Å². The number of aromatic hydroxyl groups is 3. The monoisotopic (exact) mass is 306 g/mol. The van der Waals surface area contributed by atoms with Crippen molar-refractivity contribution < 1.29 is 28.3 Å². The van der Waals surface area contributed by atoms with E-state index in [-0.39, 0.29) is 33.8 Å². The summed E-state index contributed by atoms with van der Waals surface area (Å²) in [6, 6.07) is 8.60. The summed E-state index contributed by atoms with van der Waals surface area (Å²) in [4.78, 5) is 0. The van der Waals surface area contributed by atoms with Crippen LogP contribution in [0.4, 0.5) is 0 Å². The van der Waals surface area contributed by atoms with Gasteiger partial charge in [-0.2, -0.15) is 4.21 Å². The van der Waals surface area contributed by atoms with Crippen molar-refractivity contribution in [2.45, 2.75) is 0 Å². The Morgan fingerprint density at radius 1 is 0.905 bits per heavy atom. The molecule has 1 atom stereocenters. The van der Waals surface area contributed by atoms with Crippen LogP contribution in [0.2, 0.25) is 0 Å². The standard InChI is InChI=1S/C14H10O6S/c15-10-4-5-11(16)13-9(10)6-8-7(14(13)17)2-1-3-12(8)20-21(18)19/h1-6,15-17H,(H,18,19). The number of phenolic OH excluding ortho intramolecular Hbond substituents is 3. The van der Waals surface area contributed by atoms with Gasteiger partial charge in [0.25, 0.3) is 0 Å². The fraction of sp³-hybridized carbons (Fsp3) is 0. The van der Waals surface area contributed by atoms with Crippen LogP contribution >= 0.6 is 0 Å². The Balaban J connectivity index is 2.48. The lowest BCUT2D eigenvalue weighted by molar-refractivity contribution is 0.457. The van der Waals surface area contributed by atoms with Crippen molar-refractivity contribution in [1.29, 1.82) is 0 Å². The quantitative estimate of drug-likeness (QED) is 0.329. The first-order chi connectivity index (χ1) is 9.99. The molecule has 0 heterocycles. The van der Waals surface area contributed by atoms with E-state index in [1.807, 2.05) is 0 Å². The second kappa shape index (κ2) is 4.80. The number of benzene rings is 3. The molecule has 0 aliphatic carbocycles. The predicted octanol–water partition coefficient (Wildman–Crippen LogP) is 2.63. The van der Waals surface area contributed by atoms with Crippen LogP contribution in [0.15, 0.2) is 36.4 Å². The Morgan fingerprint density at radius 3 is 2.33 bits per heavy atom. The highest BCUT2D eigenvalue weighted by Gasteiger charge is 2.16. The summed E-state index contributed by atoms with van der Waals surface area (Å²) in [5, 5.41) is 31.0. The molecule has 3 aromatic rings. The third kappa shape index (κ3) is 2.12. The smallest absolute Gasteiger partial charge is 0.357 e. The lowest BCUT2D eigenvalue weighted by atomic mass is 10.0. The van der Waals surface area contributed by atoms with E-state index in [9.17, 15) is 19.5 Å². The zero-order chi connectivity index (χ0) is 15.1. The van der Waals surface area contributed by atoms with Gasteiger partial charge in [0.15, 0.2) is 5.75 Å². The first-order valence-electron chi connectivity index (χ1n) is 5.87. The van der Waals surface area contributed by atoms with Crippen LogP contribution in [0.25, 0.3) is 21.5 Å². The van der Waals surface area contributed by atoms with Gasteiger partial charge < -0.3 is 19.5 Å². The Labute approximate surface area is 121 Å². The summed E-state index contributed by atoms with van der Waals surface area (Å²) < 4.78 is 24.4. The van der Waals surface area contributed by atoms with E-state index in [0.717, 1.165) is 0 Å². The molecule has 0 amide bonds. The minimum atomic E-state index is -2.52. The van der Waals surface area contributed by atoms with E-state index in [2.05, 4.69) is 0 Å². The molecule has 0 fully saturated rings. The zero-order valence-electron chi connectivity index (χ0n) is 10.5. The van der Waals surface area contributed by atoms with Gasteiger partial charge in [-0.25, -0.2) is 0 Å². The Hall–Kier alpha value is -2.51. The summed E-state index contributed by atoms with van der Waals surface area (Å²) in [6.07, 6.45) is 0. The number of hydrogen-bond donors (Lipinski definition) is 4. The molecule has 0 saturated carbocycles. The van der Waals surface area contributed by atoms with E-state index >= 15 is 0 Å². The molecule has 0 aliphatic heterocycles. The molecule has 1 unspecified atom stereocenters. The Bertz CT molecular complexity index is 890. The Morgan fingerprint density at radius 2 is 1.62 bits per heavy atom. The maximum absolute atomic E-state index is 10.8. The van der Waals surface area contributed by atoms with E-state index in [1.54, 1.807) is 6.07 Å². The molecule has 4 N–H and O–H groups in total. The summed E-state index contributed by atoms with van der Waals surface area (Å²) in [5.41, 5.74) is 0. The second-order valence-corrected chi connectivity index (χ2v) is 5.00. The van der Waals surface area contributed by atoms with Crippen LogP contribution < -0.4 is 4.18 Å². The first kappa shape index (κ1) is 13.5. The van der Waals surface area contributed by atoms with Gasteiger partial charge in [0.05, 0.1) is 5.39 Å². The van der Waals surface area contributed by atoms with Crippen molar-refractivity contribution >= 4 is 32.9 Å². The van der Waals surface area contributed by atoms with Gasteiger partial charge >= 0.3 is 11.4 Å². The number of fused-ring (bicyclic) bond motifs is 2. The highest BCUT2D eigenvalue weighted by atomic mass is 32.2. The third-order valence-electron chi connectivity index (χ3n) is 3.21. The van der Waals surface area contributed by atoms with Crippen molar-refractivity contribution in [2.24, 2.45) is 0 Å². The molecule has 3 aromatic carbocycles. The molecule has 108 valence electrons. The predicted molar refractivity (Wildman–Crippen MR) is 77.8 cm³/mol. The maximum Gasteiger partial charge on any atom is 0.357 e. The van der Waals surface area contributed by atoms with E-state index in [1.165, 1.54) is 30.3 Å².